The average molecular weight is 582 g/mol. The van der Waals surface area contributed by atoms with Gasteiger partial charge < -0.3 is 20.0 Å². The number of hydrogen-bond acceptors (Lipinski definition) is 4. The molecule has 3 rings (SSSR count). The van der Waals surface area contributed by atoms with E-state index in [1.54, 1.807) is 17.9 Å². The van der Waals surface area contributed by atoms with E-state index in [2.05, 4.69) is 16.3 Å². The van der Waals surface area contributed by atoms with Gasteiger partial charge in [-0.25, -0.2) is 0 Å². The Labute approximate surface area is 242 Å². The van der Waals surface area contributed by atoms with Crippen LogP contribution in [0.5, 0.6) is 0 Å². The van der Waals surface area contributed by atoms with E-state index in [1.165, 1.54) is 0 Å². The second-order valence-electron chi connectivity index (χ2n) is 10.1. The lowest BCUT2D eigenvalue weighted by Crippen LogP contribution is -2.44. The van der Waals surface area contributed by atoms with Gasteiger partial charge in [-0.2, -0.15) is 0 Å². The van der Waals surface area contributed by atoms with Crippen molar-refractivity contribution in [3.8, 4) is 0 Å². The number of nitrogens with zero attached hydrogens (tertiary/aromatic N) is 3. The van der Waals surface area contributed by atoms with Gasteiger partial charge >= 0.3 is 0 Å². The predicted octanol–water partition coefficient (Wildman–Crippen LogP) is 7.14. The molecule has 0 bridgehead atoms. The molecule has 0 radical (unpaired) electrons. The topological polar surface area (TPSA) is 55.9 Å². The summed E-state index contributed by atoms with van der Waals surface area (Å²) in [5, 5.41) is 5.33. The van der Waals surface area contributed by atoms with Crippen molar-refractivity contribution in [1.29, 1.82) is 0 Å². The lowest BCUT2D eigenvalue weighted by atomic mass is 9.94. The van der Waals surface area contributed by atoms with E-state index in [9.17, 15) is 9.59 Å². The van der Waals surface area contributed by atoms with Crippen LogP contribution in [-0.4, -0.2) is 60.9 Å². The van der Waals surface area contributed by atoms with Gasteiger partial charge in [0.05, 0.1) is 16.8 Å². The first-order valence-electron chi connectivity index (χ1n) is 13.3. The molecule has 6 nitrogen and oxygen atoms in total. The molecule has 9 heteroatoms. The van der Waals surface area contributed by atoms with Crippen LogP contribution in [0.15, 0.2) is 36.4 Å². The van der Waals surface area contributed by atoms with Gasteiger partial charge in [0.15, 0.2) is 0 Å². The summed E-state index contributed by atoms with van der Waals surface area (Å²) in [4.78, 5) is 30.9. The number of carbonyl (C=O) groups is 2. The highest BCUT2D eigenvalue weighted by Gasteiger charge is 2.29. The molecule has 2 amide bonds. The first kappa shape index (κ1) is 30.4. The van der Waals surface area contributed by atoms with E-state index in [1.807, 2.05) is 57.0 Å². The second kappa shape index (κ2) is 13.8. The molecule has 2 unspecified atom stereocenters. The zero-order valence-corrected chi connectivity index (χ0v) is 25.2. The molecule has 0 spiro atoms. The highest BCUT2D eigenvalue weighted by molar-refractivity contribution is 6.35. The molecule has 0 saturated carbocycles. The number of halogens is 3. The Hall–Kier alpha value is -2.15. The highest BCUT2D eigenvalue weighted by atomic mass is 35.5. The minimum absolute atomic E-state index is 0.0176. The van der Waals surface area contributed by atoms with Gasteiger partial charge in [0.2, 0.25) is 11.8 Å². The van der Waals surface area contributed by atoms with Crippen molar-refractivity contribution in [1.82, 2.24) is 9.80 Å². The molecule has 1 fully saturated rings. The molecular weight excluding hydrogens is 543 g/mol. The number of piperidine rings is 1. The van der Waals surface area contributed by atoms with Crippen molar-refractivity contribution in [2.75, 3.05) is 43.4 Å². The molecule has 2 aromatic rings. The summed E-state index contributed by atoms with van der Waals surface area (Å²) >= 11 is 19.0. The molecule has 1 aliphatic heterocycles. The number of rotatable bonds is 10. The van der Waals surface area contributed by atoms with Crippen LogP contribution in [0.3, 0.4) is 0 Å². The van der Waals surface area contributed by atoms with Crippen LogP contribution < -0.4 is 10.2 Å². The lowest BCUT2D eigenvalue weighted by molar-refractivity contribution is -0.136. The first-order valence-corrected chi connectivity index (χ1v) is 14.4. The fourth-order valence-electron chi connectivity index (χ4n) is 4.90. The van der Waals surface area contributed by atoms with Gasteiger partial charge in [-0.3, -0.25) is 9.59 Å². The normalized spacial score (nSPS) is 15.6. The third-order valence-corrected chi connectivity index (χ3v) is 8.52. The number of amides is 2. The Morgan fingerprint density at radius 3 is 2.34 bits per heavy atom. The quantitative estimate of drug-likeness (QED) is 0.324. The molecule has 1 N–H and O–H groups in total. The minimum atomic E-state index is -0.0612. The van der Waals surface area contributed by atoms with Gasteiger partial charge in [-0.15, -0.1) is 0 Å². The average Bonchev–Trinajstić information content (AvgIpc) is 2.89. The fraction of sp³-hybridized carbons (Fsp3) is 0.517. The summed E-state index contributed by atoms with van der Waals surface area (Å²) in [6.45, 7) is 10.6. The van der Waals surface area contributed by atoms with Crippen molar-refractivity contribution in [2.24, 2.45) is 5.92 Å². The Morgan fingerprint density at radius 2 is 1.74 bits per heavy atom. The third kappa shape index (κ3) is 7.71. The Balaban J connectivity index is 1.59. The Kier molecular flexibility index (Phi) is 11.0. The van der Waals surface area contributed by atoms with Gasteiger partial charge in [-0.05, 0) is 75.9 Å². The summed E-state index contributed by atoms with van der Waals surface area (Å²) < 4.78 is 0. The molecule has 1 saturated heterocycles. The van der Waals surface area contributed by atoms with Crippen molar-refractivity contribution in [3.63, 3.8) is 0 Å². The zero-order valence-electron chi connectivity index (χ0n) is 22.9. The second-order valence-corrected chi connectivity index (χ2v) is 11.4. The van der Waals surface area contributed by atoms with E-state index in [0.29, 0.717) is 28.2 Å². The van der Waals surface area contributed by atoms with Crippen LogP contribution in [0.1, 0.15) is 58.6 Å². The van der Waals surface area contributed by atoms with Crippen molar-refractivity contribution >= 4 is 58.0 Å². The van der Waals surface area contributed by atoms with E-state index >= 15 is 0 Å². The zero-order chi connectivity index (χ0) is 28.0. The molecule has 2 aromatic carbocycles. The van der Waals surface area contributed by atoms with Crippen LogP contribution in [-0.2, 0) is 9.59 Å². The van der Waals surface area contributed by atoms with E-state index in [0.717, 1.165) is 49.3 Å². The van der Waals surface area contributed by atoms with Crippen LogP contribution in [0, 0.1) is 5.92 Å². The summed E-state index contributed by atoms with van der Waals surface area (Å²) in [6, 6.07) is 11.5. The number of carbonyl (C=O) groups excluding carboxylic acids is 2. The molecule has 208 valence electrons. The summed E-state index contributed by atoms with van der Waals surface area (Å²) in [6.07, 6.45) is 2.38. The summed E-state index contributed by atoms with van der Waals surface area (Å²) in [5.74, 6) is 0.281. The molecule has 1 heterocycles. The highest BCUT2D eigenvalue weighted by Crippen LogP contribution is 2.34. The molecular formula is C29H39Cl3N4O2. The van der Waals surface area contributed by atoms with Gasteiger partial charge in [0.1, 0.15) is 0 Å². The summed E-state index contributed by atoms with van der Waals surface area (Å²) in [5.41, 5.74) is 2.85. The minimum Gasteiger partial charge on any atom is -0.377 e. The largest absolute Gasteiger partial charge is 0.377 e. The molecule has 38 heavy (non-hydrogen) atoms. The number of hydrogen-bond donors (Lipinski definition) is 1. The Morgan fingerprint density at radius 1 is 1.05 bits per heavy atom. The molecule has 1 aliphatic rings. The fourth-order valence-corrected chi connectivity index (χ4v) is 5.64. The monoisotopic (exact) mass is 580 g/mol. The maximum Gasteiger partial charge on any atom is 0.225 e. The van der Waals surface area contributed by atoms with E-state index < -0.39 is 0 Å². The molecule has 0 aromatic heterocycles. The maximum atomic E-state index is 13.3. The Bertz CT molecular complexity index is 1120. The maximum absolute atomic E-state index is 13.3. The van der Waals surface area contributed by atoms with Crippen LogP contribution in [0.2, 0.25) is 15.1 Å². The summed E-state index contributed by atoms with van der Waals surface area (Å²) in [7, 11) is 1.81. The number of benzene rings is 2. The molecule has 0 aliphatic carbocycles. The molecule has 2 atom stereocenters. The van der Waals surface area contributed by atoms with Crippen molar-refractivity contribution in [3.05, 3.63) is 57.0 Å². The van der Waals surface area contributed by atoms with Gasteiger partial charge in [-0.1, -0.05) is 40.9 Å². The lowest BCUT2D eigenvalue weighted by Gasteiger charge is -2.36. The van der Waals surface area contributed by atoms with Crippen molar-refractivity contribution < 1.29 is 9.59 Å². The third-order valence-electron chi connectivity index (χ3n) is 7.63. The predicted molar refractivity (Wildman–Crippen MR) is 160 cm³/mol. The van der Waals surface area contributed by atoms with E-state index in [4.69, 9.17) is 34.8 Å². The standard InChI is InChI=1S/C29H39Cl3N4O2/c1-6-35(14-11-19(2)34(5)21(4)37)29(38)22-12-15-36(16-13-22)24-8-10-26(31)28(18-24)33-20(3)25-9-7-23(30)17-27(25)32/h7-10,17-20,22,33H,6,11-16H2,1-5H3. The van der Waals surface area contributed by atoms with Crippen LogP contribution in [0.4, 0.5) is 11.4 Å². The van der Waals surface area contributed by atoms with Gasteiger partial charge in [0, 0.05) is 67.8 Å². The van der Waals surface area contributed by atoms with Gasteiger partial charge in [0.25, 0.3) is 0 Å². The number of anilines is 2. The SMILES string of the molecule is CCN(CCC(C)N(C)C(C)=O)C(=O)C1CCN(c2ccc(Cl)c(NC(C)c3ccc(Cl)cc3Cl)c2)CC1. The van der Waals surface area contributed by atoms with Crippen molar-refractivity contribution in [2.45, 2.75) is 59.0 Å². The van der Waals surface area contributed by atoms with E-state index in [-0.39, 0.29) is 29.8 Å². The smallest absolute Gasteiger partial charge is 0.225 e. The first-order chi connectivity index (χ1) is 18.0. The van der Waals surface area contributed by atoms with Crippen LogP contribution >= 0.6 is 34.8 Å². The van der Waals surface area contributed by atoms with Crippen LogP contribution in [0.25, 0.3) is 0 Å². The number of nitrogens with one attached hydrogen (secondary N) is 1.